The number of aryl methyl sites for hydroxylation is 1. The predicted octanol–water partition coefficient (Wildman–Crippen LogP) is 3.75. The number of para-hydroxylation sites is 1. The number of esters is 1. The first-order valence-electron chi connectivity index (χ1n) is 8.34. The van der Waals surface area contributed by atoms with Gasteiger partial charge in [0.1, 0.15) is 0 Å². The number of hydrogen-bond acceptors (Lipinski definition) is 5. The van der Waals surface area contributed by atoms with Crippen LogP contribution in [0.1, 0.15) is 16.3 Å². The molecule has 3 aromatic rings. The predicted molar refractivity (Wildman–Crippen MR) is 106 cm³/mol. The van der Waals surface area contributed by atoms with Crippen molar-refractivity contribution in [2.75, 3.05) is 11.9 Å². The lowest BCUT2D eigenvalue weighted by Gasteiger charge is -2.07. The molecule has 0 spiro atoms. The molecule has 27 heavy (non-hydrogen) atoms. The lowest BCUT2D eigenvalue weighted by Crippen LogP contribution is -2.20. The van der Waals surface area contributed by atoms with E-state index >= 15 is 0 Å². The second-order valence-electron chi connectivity index (χ2n) is 5.80. The van der Waals surface area contributed by atoms with Crippen molar-refractivity contribution in [2.45, 2.75) is 13.8 Å². The van der Waals surface area contributed by atoms with Gasteiger partial charge in [-0.25, -0.2) is 9.48 Å². The van der Waals surface area contributed by atoms with E-state index in [0.29, 0.717) is 11.4 Å². The van der Waals surface area contributed by atoms with E-state index < -0.39 is 11.9 Å². The van der Waals surface area contributed by atoms with Crippen LogP contribution in [0.5, 0.6) is 0 Å². The summed E-state index contributed by atoms with van der Waals surface area (Å²) in [6.45, 7) is 3.33. The van der Waals surface area contributed by atoms with Crippen LogP contribution in [0.2, 0.25) is 0 Å². The Labute approximate surface area is 161 Å². The zero-order valence-corrected chi connectivity index (χ0v) is 15.8. The van der Waals surface area contributed by atoms with Crippen molar-refractivity contribution in [3.05, 3.63) is 70.2 Å². The second-order valence-corrected chi connectivity index (χ2v) is 6.78. The summed E-state index contributed by atoms with van der Waals surface area (Å²) in [7, 11) is 0. The molecule has 0 saturated heterocycles. The molecule has 1 amide bonds. The summed E-state index contributed by atoms with van der Waals surface area (Å²) >= 11 is 1.51. The summed E-state index contributed by atoms with van der Waals surface area (Å²) in [6, 6.07) is 13.4. The highest BCUT2D eigenvalue weighted by Gasteiger charge is 2.15. The second kappa shape index (κ2) is 8.46. The van der Waals surface area contributed by atoms with Gasteiger partial charge in [0.05, 0.1) is 22.8 Å². The number of benzene rings is 1. The smallest absolute Gasteiger partial charge is 0.331 e. The largest absolute Gasteiger partial charge is 0.452 e. The van der Waals surface area contributed by atoms with Gasteiger partial charge in [0, 0.05) is 11.0 Å². The maximum Gasteiger partial charge on any atom is 0.331 e. The highest BCUT2D eigenvalue weighted by Crippen LogP contribution is 2.22. The van der Waals surface area contributed by atoms with E-state index in [4.69, 9.17) is 4.74 Å². The molecule has 0 bridgehead atoms. The zero-order chi connectivity index (χ0) is 19.2. The third kappa shape index (κ3) is 4.71. The SMILES string of the molecule is Cc1nn(-c2ccccc2)c(C)c1NC(=O)COC(=O)/C=C/c1cccs1. The van der Waals surface area contributed by atoms with Gasteiger partial charge in [-0.05, 0) is 43.5 Å². The van der Waals surface area contributed by atoms with Crippen molar-refractivity contribution in [1.82, 2.24) is 9.78 Å². The monoisotopic (exact) mass is 381 g/mol. The molecule has 7 heteroatoms. The third-order valence-corrected chi connectivity index (χ3v) is 4.67. The minimum absolute atomic E-state index is 0.358. The van der Waals surface area contributed by atoms with Gasteiger partial charge in [-0.1, -0.05) is 24.3 Å². The normalized spacial score (nSPS) is 10.9. The van der Waals surface area contributed by atoms with Crippen LogP contribution >= 0.6 is 11.3 Å². The third-order valence-electron chi connectivity index (χ3n) is 3.83. The Morgan fingerprint density at radius 1 is 1.19 bits per heavy atom. The zero-order valence-electron chi connectivity index (χ0n) is 15.0. The summed E-state index contributed by atoms with van der Waals surface area (Å²) in [5, 5.41) is 9.16. The maximum absolute atomic E-state index is 12.2. The first-order valence-corrected chi connectivity index (χ1v) is 9.22. The Bertz CT molecular complexity index is 960. The van der Waals surface area contributed by atoms with Gasteiger partial charge in [-0.2, -0.15) is 5.10 Å². The number of anilines is 1. The summed E-state index contributed by atoms with van der Waals surface area (Å²) in [5.74, 6) is -0.973. The fourth-order valence-corrected chi connectivity index (χ4v) is 3.16. The Balaban J connectivity index is 1.60. The van der Waals surface area contributed by atoms with Crippen molar-refractivity contribution in [1.29, 1.82) is 0 Å². The number of amides is 1. The lowest BCUT2D eigenvalue weighted by atomic mass is 10.3. The molecular weight excluding hydrogens is 362 g/mol. The number of carbonyl (C=O) groups excluding carboxylic acids is 2. The fourth-order valence-electron chi connectivity index (χ4n) is 2.54. The molecule has 2 heterocycles. The first kappa shape index (κ1) is 18.6. The average molecular weight is 381 g/mol. The molecule has 0 fully saturated rings. The van der Waals surface area contributed by atoms with Crippen molar-refractivity contribution in [3.8, 4) is 5.69 Å². The number of thiophene rings is 1. The van der Waals surface area contributed by atoms with E-state index in [2.05, 4.69) is 10.4 Å². The van der Waals surface area contributed by atoms with Gasteiger partial charge >= 0.3 is 5.97 Å². The number of hydrogen-bond donors (Lipinski definition) is 1. The lowest BCUT2D eigenvalue weighted by molar-refractivity contribution is -0.142. The van der Waals surface area contributed by atoms with Crippen LogP contribution in [0.25, 0.3) is 11.8 Å². The van der Waals surface area contributed by atoms with Crippen LogP contribution in [0.3, 0.4) is 0 Å². The van der Waals surface area contributed by atoms with E-state index in [1.165, 1.54) is 17.4 Å². The van der Waals surface area contributed by atoms with Crippen molar-refractivity contribution < 1.29 is 14.3 Å². The Kier molecular flexibility index (Phi) is 5.83. The molecule has 0 atom stereocenters. The Morgan fingerprint density at radius 3 is 2.67 bits per heavy atom. The summed E-state index contributed by atoms with van der Waals surface area (Å²) in [5.41, 5.74) is 3.02. The van der Waals surface area contributed by atoms with Crippen molar-refractivity contribution in [2.24, 2.45) is 0 Å². The van der Waals surface area contributed by atoms with Crippen LogP contribution in [-0.4, -0.2) is 28.3 Å². The summed E-state index contributed by atoms with van der Waals surface area (Å²) < 4.78 is 6.75. The molecule has 2 aromatic heterocycles. The minimum Gasteiger partial charge on any atom is -0.452 e. The highest BCUT2D eigenvalue weighted by molar-refractivity contribution is 7.10. The van der Waals surface area contributed by atoms with Gasteiger partial charge in [0.15, 0.2) is 6.61 Å². The van der Waals surface area contributed by atoms with E-state index in [0.717, 1.165) is 16.3 Å². The van der Waals surface area contributed by atoms with E-state index in [9.17, 15) is 9.59 Å². The Hall–Kier alpha value is -3.19. The number of carbonyl (C=O) groups is 2. The van der Waals surface area contributed by atoms with Gasteiger partial charge in [0.2, 0.25) is 0 Å². The molecule has 0 aliphatic carbocycles. The molecule has 0 aliphatic rings. The number of ether oxygens (including phenoxy) is 1. The molecule has 0 aliphatic heterocycles. The molecule has 3 rings (SSSR count). The van der Waals surface area contributed by atoms with Crippen LogP contribution in [0, 0.1) is 13.8 Å². The maximum atomic E-state index is 12.2. The number of nitrogens with one attached hydrogen (secondary N) is 1. The standard InChI is InChI=1S/C20H19N3O3S/c1-14-20(15(2)23(22-14)16-7-4-3-5-8-16)21-18(24)13-26-19(25)11-10-17-9-6-12-27-17/h3-12H,13H2,1-2H3,(H,21,24)/b11-10+. The molecule has 138 valence electrons. The molecule has 0 saturated carbocycles. The quantitative estimate of drug-likeness (QED) is 0.521. The van der Waals surface area contributed by atoms with E-state index in [-0.39, 0.29) is 6.61 Å². The highest BCUT2D eigenvalue weighted by atomic mass is 32.1. The van der Waals surface area contributed by atoms with Gasteiger partial charge in [-0.3, -0.25) is 4.79 Å². The molecule has 0 unspecified atom stereocenters. The molecule has 0 radical (unpaired) electrons. The molecular formula is C20H19N3O3S. The summed E-state index contributed by atoms with van der Waals surface area (Å²) in [6.07, 6.45) is 2.96. The number of nitrogens with zero attached hydrogens (tertiary/aromatic N) is 2. The fraction of sp³-hybridized carbons (Fsp3) is 0.150. The van der Waals surface area contributed by atoms with E-state index in [1.807, 2.05) is 61.7 Å². The van der Waals surface area contributed by atoms with Gasteiger partial charge in [-0.15, -0.1) is 11.3 Å². The van der Waals surface area contributed by atoms with Crippen LogP contribution in [-0.2, 0) is 14.3 Å². The summed E-state index contributed by atoms with van der Waals surface area (Å²) in [4.78, 5) is 24.8. The molecule has 1 aromatic carbocycles. The van der Waals surface area contributed by atoms with Crippen molar-refractivity contribution in [3.63, 3.8) is 0 Å². The number of rotatable bonds is 6. The van der Waals surface area contributed by atoms with Crippen LogP contribution in [0.4, 0.5) is 5.69 Å². The number of aromatic nitrogens is 2. The van der Waals surface area contributed by atoms with Crippen LogP contribution < -0.4 is 5.32 Å². The average Bonchev–Trinajstić information content (AvgIpc) is 3.29. The topological polar surface area (TPSA) is 73.2 Å². The molecule has 6 nitrogen and oxygen atoms in total. The van der Waals surface area contributed by atoms with Gasteiger partial charge < -0.3 is 10.1 Å². The van der Waals surface area contributed by atoms with E-state index in [1.54, 1.807) is 10.8 Å². The van der Waals surface area contributed by atoms with Crippen molar-refractivity contribution >= 4 is 35.0 Å². The first-order chi connectivity index (χ1) is 13.0. The van der Waals surface area contributed by atoms with Crippen LogP contribution in [0.15, 0.2) is 53.9 Å². The van der Waals surface area contributed by atoms with Gasteiger partial charge in [0.25, 0.3) is 5.91 Å². The Morgan fingerprint density at radius 2 is 1.96 bits per heavy atom. The molecule has 1 N–H and O–H groups in total. The minimum atomic E-state index is -0.563.